The normalized spacial score (nSPS) is 23.3. The first-order chi connectivity index (χ1) is 9.22. The molecular weight excluding hydrogens is 240 g/mol. The largest absolute Gasteiger partial charge is 0.497 e. The van der Waals surface area contributed by atoms with E-state index in [4.69, 9.17) is 4.74 Å². The molecule has 0 saturated heterocycles. The lowest BCUT2D eigenvalue weighted by Crippen LogP contribution is -2.39. The standard InChI is InChI=1S/C15H24N2O2/c1-11-7-14(19-2)8-13(17-11)9-16-15-6-4-3-5-12(15)10-18/h7-8,12,15-16,18H,3-6,9-10H2,1-2H3. The second-order valence-electron chi connectivity index (χ2n) is 5.35. The Morgan fingerprint density at radius 2 is 2.16 bits per heavy atom. The molecule has 2 N–H and O–H groups in total. The third-order valence-corrected chi connectivity index (χ3v) is 3.90. The van der Waals surface area contributed by atoms with Crippen LogP contribution in [0.4, 0.5) is 0 Å². The number of hydrogen-bond acceptors (Lipinski definition) is 4. The summed E-state index contributed by atoms with van der Waals surface area (Å²) in [7, 11) is 1.68. The van der Waals surface area contributed by atoms with E-state index in [1.54, 1.807) is 7.11 Å². The summed E-state index contributed by atoms with van der Waals surface area (Å²) in [4.78, 5) is 4.51. The number of pyridine rings is 1. The highest BCUT2D eigenvalue weighted by Gasteiger charge is 2.23. The van der Waals surface area contributed by atoms with Gasteiger partial charge in [0, 0.05) is 37.0 Å². The number of ether oxygens (including phenoxy) is 1. The topological polar surface area (TPSA) is 54.4 Å². The van der Waals surface area contributed by atoms with E-state index in [9.17, 15) is 5.11 Å². The fraction of sp³-hybridized carbons (Fsp3) is 0.667. The minimum Gasteiger partial charge on any atom is -0.497 e. The average Bonchev–Trinajstić information content (AvgIpc) is 2.44. The summed E-state index contributed by atoms with van der Waals surface area (Å²) in [5.41, 5.74) is 1.97. The van der Waals surface area contributed by atoms with Crippen LogP contribution in [0, 0.1) is 12.8 Å². The van der Waals surface area contributed by atoms with Gasteiger partial charge in [0.05, 0.1) is 12.8 Å². The van der Waals surface area contributed by atoms with E-state index in [-0.39, 0.29) is 6.61 Å². The molecule has 2 rings (SSSR count). The minimum atomic E-state index is 0.280. The third kappa shape index (κ3) is 3.91. The minimum absolute atomic E-state index is 0.280. The van der Waals surface area contributed by atoms with E-state index in [1.807, 2.05) is 19.1 Å². The maximum Gasteiger partial charge on any atom is 0.122 e. The van der Waals surface area contributed by atoms with Crippen LogP contribution in [0.3, 0.4) is 0 Å². The fourth-order valence-electron chi connectivity index (χ4n) is 2.84. The Kier molecular flexibility index (Phi) is 5.16. The molecule has 0 amide bonds. The fourth-order valence-corrected chi connectivity index (χ4v) is 2.84. The van der Waals surface area contributed by atoms with Gasteiger partial charge in [-0.15, -0.1) is 0 Å². The molecule has 1 aromatic heterocycles. The van der Waals surface area contributed by atoms with Crippen molar-refractivity contribution in [1.82, 2.24) is 10.3 Å². The molecule has 1 saturated carbocycles. The number of aliphatic hydroxyl groups is 1. The summed E-state index contributed by atoms with van der Waals surface area (Å²) in [5, 5.41) is 12.9. The van der Waals surface area contributed by atoms with Crippen molar-refractivity contribution >= 4 is 0 Å². The molecule has 2 atom stereocenters. The van der Waals surface area contributed by atoms with Crippen molar-refractivity contribution in [2.45, 2.75) is 45.2 Å². The van der Waals surface area contributed by atoms with Gasteiger partial charge >= 0.3 is 0 Å². The molecule has 1 aliphatic carbocycles. The lowest BCUT2D eigenvalue weighted by atomic mass is 9.85. The number of methoxy groups -OCH3 is 1. The Labute approximate surface area is 115 Å². The maximum absolute atomic E-state index is 9.41. The van der Waals surface area contributed by atoms with Gasteiger partial charge in [0.25, 0.3) is 0 Å². The Morgan fingerprint density at radius 3 is 2.89 bits per heavy atom. The van der Waals surface area contributed by atoms with Crippen LogP contribution >= 0.6 is 0 Å². The van der Waals surface area contributed by atoms with Gasteiger partial charge in [0.1, 0.15) is 5.75 Å². The number of hydrogen-bond donors (Lipinski definition) is 2. The number of aryl methyl sites for hydroxylation is 1. The Hall–Kier alpha value is -1.13. The van der Waals surface area contributed by atoms with E-state index < -0.39 is 0 Å². The van der Waals surface area contributed by atoms with Crippen molar-refractivity contribution in [2.75, 3.05) is 13.7 Å². The van der Waals surface area contributed by atoms with E-state index in [0.717, 1.165) is 36.5 Å². The Bertz CT molecular complexity index is 409. The molecule has 0 aliphatic heterocycles. The Balaban J connectivity index is 1.95. The first-order valence-corrected chi connectivity index (χ1v) is 7.08. The van der Waals surface area contributed by atoms with Crippen molar-refractivity contribution in [2.24, 2.45) is 5.92 Å². The van der Waals surface area contributed by atoms with Crippen LogP contribution in [-0.4, -0.2) is 29.8 Å². The molecule has 2 unspecified atom stereocenters. The second kappa shape index (κ2) is 6.87. The summed E-state index contributed by atoms with van der Waals surface area (Å²) < 4.78 is 5.26. The number of rotatable bonds is 5. The van der Waals surface area contributed by atoms with Gasteiger partial charge in [-0.25, -0.2) is 0 Å². The zero-order valence-corrected chi connectivity index (χ0v) is 11.9. The van der Waals surface area contributed by atoms with Crippen molar-refractivity contribution in [1.29, 1.82) is 0 Å². The molecule has 0 spiro atoms. The van der Waals surface area contributed by atoms with Gasteiger partial charge < -0.3 is 15.2 Å². The lowest BCUT2D eigenvalue weighted by molar-refractivity contribution is 0.152. The first-order valence-electron chi connectivity index (χ1n) is 7.08. The zero-order chi connectivity index (χ0) is 13.7. The molecule has 106 valence electrons. The van der Waals surface area contributed by atoms with Gasteiger partial charge in [0.2, 0.25) is 0 Å². The predicted molar refractivity (Wildman–Crippen MR) is 75.2 cm³/mol. The van der Waals surface area contributed by atoms with Gasteiger partial charge in [-0.2, -0.15) is 0 Å². The van der Waals surface area contributed by atoms with Crippen LogP contribution < -0.4 is 10.1 Å². The highest BCUT2D eigenvalue weighted by atomic mass is 16.5. The number of aliphatic hydroxyl groups excluding tert-OH is 1. The number of aromatic nitrogens is 1. The molecular formula is C15H24N2O2. The summed E-state index contributed by atoms with van der Waals surface area (Å²) in [5.74, 6) is 1.24. The van der Waals surface area contributed by atoms with Crippen LogP contribution in [-0.2, 0) is 6.54 Å². The maximum atomic E-state index is 9.41. The van der Waals surface area contributed by atoms with Crippen LogP contribution in [0.1, 0.15) is 37.1 Å². The molecule has 0 aromatic carbocycles. The molecule has 1 fully saturated rings. The average molecular weight is 264 g/mol. The van der Waals surface area contributed by atoms with Gasteiger partial charge in [-0.1, -0.05) is 12.8 Å². The third-order valence-electron chi connectivity index (χ3n) is 3.90. The highest BCUT2D eigenvalue weighted by Crippen LogP contribution is 2.24. The van der Waals surface area contributed by atoms with E-state index in [2.05, 4.69) is 10.3 Å². The molecule has 19 heavy (non-hydrogen) atoms. The molecule has 1 aromatic rings. The lowest BCUT2D eigenvalue weighted by Gasteiger charge is -2.31. The first kappa shape index (κ1) is 14.3. The molecule has 1 aliphatic rings. The molecule has 1 heterocycles. The van der Waals surface area contributed by atoms with Crippen LogP contribution in [0.15, 0.2) is 12.1 Å². The summed E-state index contributed by atoms with van der Waals surface area (Å²) >= 11 is 0. The van der Waals surface area contributed by atoms with Crippen LogP contribution in [0.25, 0.3) is 0 Å². The SMILES string of the molecule is COc1cc(C)nc(CNC2CCCCC2CO)c1. The quantitative estimate of drug-likeness (QED) is 0.854. The molecule has 4 nitrogen and oxygen atoms in total. The highest BCUT2D eigenvalue weighted by molar-refractivity contribution is 5.26. The van der Waals surface area contributed by atoms with E-state index in [0.29, 0.717) is 12.0 Å². The smallest absolute Gasteiger partial charge is 0.122 e. The van der Waals surface area contributed by atoms with E-state index >= 15 is 0 Å². The van der Waals surface area contributed by atoms with Crippen molar-refractivity contribution in [3.05, 3.63) is 23.5 Å². The Morgan fingerprint density at radius 1 is 1.37 bits per heavy atom. The molecule has 0 bridgehead atoms. The van der Waals surface area contributed by atoms with E-state index in [1.165, 1.54) is 12.8 Å². The summed E-state index contributed by atoms with van der Waals surface area (Å²) in [6.45, 7) is 2.99. The van der Waals surface area contributed by atoms with Crippen molar-refractivity contribution < 1.29 is 9.84 Å². The summed E-state index contributed by atoms with van der Waals surface area (Å²) in [6.07, 6.45) is 4.76. The predicted octanol–water partition coefficient (Wildman–Crippen LogP) is 2.04. The van der Waals surface area contributed by atoms with Gasteiger partial charge in [-0.05, 0) is 25.7 Å². The van der Waals surface area contributed by atoms with Crippen LogP contribution in [0.5, 0.6) is 5.75 Å². The van der Waals surface area contributed by atoms with Crippen molar-refractivity contribution in [3.8, 4) is 5.75 Å². The number of nitrogens with one attached hydrogen (secondary N) is 1. The second-order valence-corrected chi connectivity index (χ2v) is 5.35. The molecule has 0 radical (unpaired) electrons. The summed E-state index contributed by atoms with van der Waals surface area (Å²) in [6, 6.07) is 4.31. The monoisotopic (exact) mass is 264 g/mol. The van der Waals surface area contributed by atoms with Crippen LogP contribution in [0.2, 0.25) is 0 Å². The zero-order valence-electron chi connectivity index (χ0n) is 11.9. The van der Waals surface area contributed by atoms with Gasteiger partial charge in [0.15, 0.2) is 0 Å². The number of nitrogens with zero attached hydrogens (tertiary/aromatic N) is 1. The van der Waals surface area contributed by atoms with Crippen molar-refractivity contribution in [3.63, 3.8) is 0 Å². The molecule has 4 heteroatoms. The van der Waals surface area contributed by atoms with Gasteiger partial charge in [-0.3, -0.25) is 4.98 Å².